The molecule has 2 aromatic rings. The van der Waals surface area contributed by atoms with E-state index in [1.807, 2.05) is 20.8 Å². The Bertz CT molecular complexity index is 1020. The molecule has 0 aliphatic carbocycles. The molecule has 0 spiro atoms. The first-order valence-corrected chi connectivity index (χ1v) is 13.3. The first-order valence-electron chi connectivity index (χ1n) is 9.63. The third-order valence-corrected chi connectivity index (χ3v) is 10.1. The van der Waals surface area contributed by atoms with E-state index in [0.29, 0.717) is 32.9 Å². The lowest BCUT2D eigenvalue weighted by Gasteiger charge is -2.44. The molecule has 2 amide bonds. The van der Waals surface area contributed by atoms with Crippen LogP contribution in [0.4, 0.5) is 0 Å². The third kappa shape index (κ3) is 3.58. The van der Waals surface area contributed by atoms with E-state index in [1.165, 1.54) is 0 Å². The van der Waals surface area contributed by atoms with Gasteiger partial charge in [0.05, 0.1) is 16.0 Å². The van der Waals surface area contributed by atoms with Crippen LogP contribution >= 0.6 is 22.0 Å². The molecule has 1 aliphatic heterocycles. The van der Waals surface area contributed by atoms with Gasteiger partial charge in [0.2, 0.25) is 0 Å². The maximum Gasteiger partial charge on any atom is 0.272 e. The number of ether oxygens (including phenoxy) is 1. The number of rotatable bonds is 5. The molecule has 0 radical (unpaired) electrons. The molecule has 0 atom stereocenters. The number of aromatic hydroxyl groups is 1. The zero-order chi connectivity index (χ0) is 22.6. The van der Waals surface area contributed by atoms with Crippen molar-refractivity contribution in [1.82, 2.24) is 4.31 Å². The summed E-state index contributed by atoms with van der Waals surface area (Å²) in [6.07, 6.45) is 6.58. The van der Waals surface area contributed by atoms with Gasteiger partial charge in [-0.05, 0) is 76.6 Å². The molecule has 0 saturated carbocycles. The van der Waals surface area contributed by atoms with Gasteiger partial charge in [-0.15, -0.1) is 0 Å². The van der Waals surface area contributed by atoms with Crippen LogP contribution in [0.3, 0.4) is 0 Å². The molecule has 0 saturated heterocycles. The summed E-state index contributed by atoms with van der Waals surface area (Å²) in [5.74, 6) is 0.00998. The van der Waals surface area contributed by atoms with Gasteiger partial charge in [-0.1, -0.05) is 12.1 Å². The predicted octanol–water partition coefficient (Wildman–Crippen LogP) is 5.43. The smallest absolute Gasteiger partial charge is 0.272 e. The molecule has 0 fully saturated rings. The monoisotopic (exact) mass is 447 g/mol. The van der Waals surface area contributed by atoms with Crippen molar-refractivity contribution in [2.45, 2.75) is 44.4 Å². The summed E-state index contributed by atoms with van der Waals surface area (Å²) in [5.41, 5.74) is 3.01. The van der Waals surface area contributed by atoms with Gasteiger partial charge >= 0.3 is 0 Å². The second-order valence-corrected chi connectivity index (χ2v) is 14.4. The highest BCUT2D eigenvalue weighted by atomic mass is 32.3. The second kappa shape index (κ2) is 7.54. The molecule has 162 valence electrons. The van der Waals surface area contributed by atoms with Crippen molar-refractivity contribution >= 4 is 33.8 Å². The summed E-state index contributed by atoms with van der Waals surface area (Å²) >= 11 is 0.959. The Morgan fingerprint density at radius 3 is 1.90 bits per heavy atom. The number of benzene rings is 2. The van der Waals surface area contributed by atoms with Gasteiger partial charge in [-0.3, -0.25) is 9.59 Å². The zero-order valence-electron chi connectivity index (χ0n) is 18.7. The standard InChI is InChI=1S/C23H29NO4S2/c1-13-14(2)19(28-23(4,5)30(6,7)8)15(3)20(18(13)25)29-24-21(26)16-11-9-10-12-17(16)22(24)27/h9-12,25H,1-8H3. The maximum absolute atomic E-state index is 12.8. The van der Waals surface area contributed by atoms with E-state index >= 15 is 0 Å². The summed E-state index contributed by atoms with van der Waals surface area (Å²) in [4.78, 5) is 25.7. The zero-order valence-corrected chi connectivity index (χ0v) is 20.4. The van der Waals surface area contributed by atoms with Crippen molar-refractivity contribution in [2.24, 2.45) is 0 Å². The van der Waals surface area contributed by atoms with Gasteiger partial charge in [0.15, 0.2) is 0 Å². The lowest BCUT2D eigenvalue weighted by molar-refractivity contribution is 0.0777. The number of imide groups is 1. The molecular weight excluding hydrogens is 418 g/mol. The van der Waals surface area contributed by atoms with E-state index in [9.17, 15) is 14.7 Å². The van der Waals surface area contributed by atoms with Gasteiger partial charge in [-0.2, -0.15) is 0 Å². The summed E-state index contributed by atoms with van der Waals surface area (Å²) in [6, 6.07) is 6.76. The number of fused-ring (bicyclic) bond motifs is 1. The molecule has 0 unspecified atom stereocenters. The molecule has 1 heterocycles. The first-order chi connectivity index (χ1) is 13.8. The lowest BCUT2D eigenvalue weighted by Crippen LogP contribution is -2.34. The molecule has 3 rings (SSSR count). The molecule has 0 aromatic heterocycles. The third-order valence-electron chi connectivity index (χ3n) is 5.92. The van der Waals surface area contributed by atoms with E-state index in [0.717, 1.165) is 21.8 Å². The quantitative estimate of drug-likeness (QED) is 0.489. The van der Waals surface area contributed by atoms with Gasteiger partial charge in [0.25, 0.3) is 11.8 Å². The average molecular weight is 448 g/mol. The van der Waals surface area contributed by atoms with E-state index in [4.69, 9.17) is 4.74 Å². The van der Waals surface area contributed by atoms with Crippen molar-refractivity contribution in [2.75, 3.05) is 18.8 Å². The van der Waals surface area contributed by atoms with Crippen LogP contribution in [0.1, 0.15) is 51.3 Å². The summed E-state index contributed by atoms with van der Waals surface area (Å²) in [5, 5.41) is 10.9. The summed E-state index contributed by atoms with van der Waals surface area (Å²) < 4.78 is 7.63. The van der Waals surface area contributed by atoms with Gasteiger partial charge in [0.1, 0.15) is 16.4 Å². The number of nitrogens with zero attached hydrogens (tertiary/aromatic N) is 1. The minimum absolute atomic E-state index is 0.0693. The molecule has 2 aromatic carbocycles. The Balaban J connectivity index is 2.06. The highest BCUT2D eigenvalue weighted by Crippen LogP contribution is 2.53. The Kier molecular flexibility index (Phi) is 5.67. The van der Waals surface area contributed by atoms with Gasteiger partial charge in [-0.25, -0.2) is 14.3 Å². The Hall–Kier alpha value is -2.12. The van der Waals surface area contributed by atoms with E-state index in [-0.39, 0.29) is 17.6 Å². The molecule has 5 nitrogen and oxygen atoms in total. The van der Waals surface area contributed by atoms with Crippen LogP contribution in [0.15, 0.2) is 29.2 Å². The Labute approximate surface area is 184 Å². The number of hydrogen-bond donors (Lipinski definition) is 1. The first kappa shape index (κ1) is 22.6. The van der Waals surface area contributed by atoms with Crippen LogP contribution in [0.2, 0.25) is 0 Å². The second-order valence-electron chi connectivity index (χ2n) is 8.76. The van der Waals surface area contributed by atoms with Crippen LogP contribution in [0.5, 0.6) is 11.5 Å². The number of phenols is 1. The fourth-order valence-corrected chi connectivity index (χ4v) is 4.40. The van der Waals surface area contributed by atoms with E-state index in [2.05, 4.69) is 32.6 Å². The summed E-state index contributed by atoms with van der Waals surface area (Å²) in [6.45, 7) is 9.74. The number of phenolic OH excluding ortho intramolecular Hbond substituents is 1. The molecule has 1 aliphatic rings. The SMILES string of the molecule is Cc1c(C)c(OC(C)(C)S(C)(C)C)c(C)c(SN2C(=O)c3ccccc3C2=O)c1O. The van der Waals surface area contributed by atoms with Crippen LogP contribution in [-0.2, 0) is 0 Å². The predicted molar refractivity (Wildman–Crippen MR) is 125 cm³/mol. The van der Waals surface area contributed by atoms with E-state index in [1.54, 1.807) is 24.3 Å². The molecule has 0 bridgehead atoms. The van der Waals surface area contributed by atoms with Crippen LogP contribution in [-0.4, -0.2) is 44.9 Å². The Morgan fingerprint density at radius 1 is 0.933 bits per heavy atom. The van der Waals surface area contributed by atoms with Gasteiger partial charge in [0, 0.05) is 17.5 Å². The minimum atomic E-state index is -1.06. The van der Waals surface area contributed by atoms with Crippen molar-refractivity contribution in [3.63, 3.8) is 0 Å². The summed E-state index contributed by atoms with van der Waals surface area (Å²) in [7, 11) is -1.06. The largest absolute Gasteiger partial charge is 0.506 e. The van der Waals surface area contributed by atoms with Gasteiger partial charge < -0.3 is 9.84 Å². The van der Waals surface area contributed by atoms with Crippen molar-refractivity contribution in [3.05, 3.63) is 52.1 Å². The van der Waals surface area contributed by atoms with Crippen LogP contribution in [0, 0.1) is 20.8 Å². The normalized spacial score (nSPS) is 14.9. The number of amides is 2. The molecule has 30 heavy (non-hydrogen) atoms. The Morgan fingerprint density at radius 2 is 1.43 bits per heavy atom. The number of hydrogen-bond acceptors (Lipinski definition) is 5. The topological polar surface area (TPSA) is 66.8 Å². The highest BCUT2D eigenvalue weighted by Gasteiger charge is 2.38. The molecule has 7 heteroatoms. The van der Waals surface area contributed by atoms with Crippen molar-refractivity contribution in [3.8, 4) is 11.5 Å². The molecule has 1 N–H and O–H groups in total. The lowest BCUT2D eigenvalue weighted by atomic mass is 10.0. The average Bonchev–Trinajstić information content (AvgIpc) is 2.91. The fourth-order valence-electron chi connectivity index (χ4n) is 3.06. The van der Waals surface area contributed by atoms with Crippen molar-refractivity contribution < 1.29 is 19.4 Å². The van der Waals surface area contributed by atoms with Crippen molar-refractivity contribution in [1.29, 1.82) is 0 Å². The van der Waals surface area contributed by atoms with Crippen LogP contribution in [0.25, 0.3) is 0 Å². The minimum Gasteiger partial charge on any atom is -0.506 e. The number of carbonyl (C=O) groups is 2. The number of carbonyl (C=O) groups excluding carboxylic acids is 2. The maximum atomic E-state index is 12.8. The fraction of sp³-hybridized carbons (Fsp3) is 0.391. The molecular formula is C23H29NO4S2. The highest BCUT2D eigenvalue weighted by molar-refractivity contribution is 8.33. The van der Waals surface area contributed by atoms with E-state index < -0.39 is 15.0 Å². The van der Waals surface area contributed by atoms with Crippen LogP contribution < -0.4 is 4.74 Å².